The van der Waals surface area contributed by atoms with Gasteiger partial charge >= 0.3 is 12.0 Å². The molecule has 0 fully saturated rings. The summed E-state index contributed by atoms with van der Waals surface area (Å²) in [6.07, 6.45) is -0.291. The number of phenolic OH excluding ortho intramolecular Hbond substituents is 1. The van der Waals surface area contributed by atoms with E-state index in [0.717, 1.165) is 0 Å². The summed E-state index contributed by atoms with van der Waals surface area (Å²) in [5.74, 6) is -0.287. The summed E-state index contributed by atoms with van der Waals surface area (Å²) in [6, 6.07) is 3.65. The van der Waals surface area contributed by atoms with Crippen LogP contribution >= 0.6 is 0 Å². The molecule has 0 spiro atoms. The lowest BCUT2D eigenvalue weighted by atomic mass is 9.91. The first-order valence-electron chi connectivity index (χ1n) is 8.72. The molecule has 0 aromatic heterocycles. The molecule has 26 heavy (non-hydrogen) atoms. The molecule has 142 valence electrons. The zero-order valence-corrected chi connectivity index (χ0v) is 15.8. The van der Waals surface area contributed by atoms with Crippen LogP contribution in [-0.4, -0.2) is 29.8 Å². The minimum atomic E-state index is -0.702. The minimum absolute atomic E-state index is 0.00442. The maximum Gasteiger partial charge on any atom is 0.338 e. The van der Waals surface area contributed by atoms with Crippen molar-refractivity contribution >= 4 is 12.0 Å². The van der Waals surface area contributed by atoms with Gasteiger partial charge in [0.05, 0.1) is 24.3 Å². The summed E-state index contributed by atoms with van der Waals surface area (Å²) in [7, 11) is 0. The standard InChI is InChI=1S/C19H26N2O5/c1-6-25-14-9-12(7-8-13(14)22)17-15(18(23)26-11(4)5)16(10(2)3)20-19(24)21-17/h7-11,17,22H,6H2,1-5H3,(H2,20,21,24). The van der Waals surface area contributed by atoms with E-state index in [1.165, 1.54) is 6.07 Å². The monoisotopic (exact) mass is 362 g/mol. The van der Waals surface area contributed by atoms with E-state index in [0.29, 0.717) is 29.2 Å². The Morgan fingerprint density at radius 1 is 1.27 bits per heavy atom. The predicted octanol–water partition coefficient (Wildman–Crippen LogP) is 3.01. The van der Waals surface area contributed by atoms with E-state index in [1.807, 2.05) is 13.8 Å². The highest BCUT2D eigenvalue weighted by molar-refractivity contribution is 5.95. The zero-order valence-electron chi connectivity index (χ0n) is 15.8. The van der Waals surface area contributed by atoms with Gasteiger partial charge in [0.25, 0.3) is 0 Å². The average molecular weight is 362 g/mol. The van der Waals surface area contributed by atoms with Crippen LogP contribution in [0.1, 0.15) is 46.2 Å². The number of nitrogens with one attached hydrogen (secondary N) is 2. The van der Waals surface area contributed by atoms with Gasteiger partial charge in [-0.3, -0.25) is 0 Å². The van der Waals surface area contributed by atoms with Crippen molar-refractivity contribution < 1.29 is 24.2 Å². The van der Waals surface area contributed by atoms with Crippen LogP contribution in [0.15, 0.2) is 29.5 Å². The summed E-state index contributed by atoms with van der Waals surface area (Å²) < 4.78 is 10.8. The summed E-state index contributed by atoms with van der Waals surface area (Å²) >= 11 is 0. The topological polar surface area (TPSA) is 96.9 Å². The molecule has 0 saturated heterocycles. The van der Waals surface area contributed by atoms with E-state index in [-0.39, 0.29) is 17.8 Å². The van der Waals surface area contributed by atoms with Crippen LogP contribution in [0.5, 0.6) is 11.5 Å². The molecule has 7 heteroatoms. The lowest BCUT2D eigenvalue weighted by Crippen LogP contribution is -2.47. The average Bonchev–Trinajstić information content (AvgIpc) is 2.55. The first-order valence-corrected chi connectivity index (χ1v) is 8.72. The van der Waals surface area contributed by atoms with Crippen molar-refractivity contribution in [3.05, 3.63) is 35.0 Å². The van der Waals surface area contributed by atoms with Gasteiger partial charge in [-0.1, -0.05) is 19.9 Å². The Morgan fingerprint density at radius 2 is 1.96 bits per heavy atom. The van der Waals surface area contributed by atoms with Crippen LogP contribution in [-0.2, 0) is 9.53 Å². The van der Waals surface area contributed by atoms with Crippen molar-refractivity contribution in [3.63, 3.8) is 0 Å². The third kappa shape index (κ3) is 4.28. The fraction of sp³-hybridized carbons (Fsp3) is 0.474. The van der Waals surface area contributed by atoms with E-state index in [2.05, 4.69) is 10.6 Å². The van der Waals surface area contributed by atoms with Gasteiger partial charge in [-0.05, 0) is 44.4 Å². The molecule has 1 aliphatic rings. The number of carbonyl (C=O) groups excluding carboxylic acids is 2. The van der Waals surface area contributed by atoms with E-state index >= 15 is 0 Å². The first kappa shape index (κ1) is 19.6. The normalized spacial score (nSPS) is 17.2. The van der Waals surface area contributed by atoms with Gasteiger partial charge in [0.1, 0.15) is 0 Å². The van der Waals surface area contributed by atoms with E-state index in [4.69, 9.17) is 9.47 Å². The van der Waals surface area contributed by atoms with E-state index < -0.39 is 18.0 Å². The van der Waals surface area contributed by atoms with Gasteiger partial charge in [0, 0.05) is 5.70 Å². The molecule has 2 rings (SSSR count). The third-order valence-electron chi connectivity index (χ3n) is 3.86. The second-order valence-corrected chi connectivity index (χ2v) is 6.63. The van der Waals surface area contributed by atoms with Gasteiger partial charge in [-0.2, -0.15) is 0 Å². The molecule has 1 aromatic carbocycles. The number of hydrogen-bond donors (Lipinski definition) is 3. The van der Waals surface area contributed by atoms with Gasteiger partial charge in [0.2, 0.25) is 0 Å². The molecule has 1 aromatic rings. The largest absolute Gasteiger partial charge is 0.504 e. The number of hydrogen-bond acceptors (Lipinski definition) is 5. The van der Waals surface area contributed by atoms with E-state index in [9.17, 15) is 14.7 Å². The number of carbonyl (C=O) groups is 2. The highest BCUT2D eigenvalue weighted by Gasteiger charge is 2.35. The summed E-state index contributed by atoms with van der Waals surface area (Å²) in [5, 5.41) is 15.4. The second-order valence-electron chi connectivity index (χ2n) is 6.63. The zero-order chi connectivity index (χ0) is 19.4. The highest BCUT2D eigenvalue weighted by atomic mass is 16.5. The van der Waals surface area contributed by atoms with Crippen LogP contribution in [0.4, 0.5) is 4.79 Å². The molecule has 1 aliphatic heterocycles. The number of benzene rings is 1. The molecule has 1 heterocycles. The summed E-state index contributed by atoms with van der Waals surface area (Å²) in [6.45, 7) is 9.51. The van der Waals surface area contributed by atoms with Gasteiger partial charge < -0.3 is 25.2 Å². The lowest BCUT2D eigenvalue weighted by Gasteiger charge is -2.31. The predicted molar refractivity (Wildman–Crippen MR) is 96.8 cm³/mol. The SMILES string of the molecule is CCOc1cc(C2NC(=O)NC(C(C)C)=C2C(=O)OC(C)C)ccc1O. The quantitative estimate of drug-likeness (QED) is 0.676. The molecule has 7 nitrogen and oxygen atoms in total. The number of esters is 1. The number of allylic oxidation sites excluding steroid dienone is 1. The third-order valence-corrected chi connectivity index (χ3v) is 3.86. The fourth-order valence-electron chi connectivity index (χ4n) is 2.78. The van der Waals surface area contributed by atoms with Gasteiger partial charge in [0.15, 0.2) is 11.5 Å². The Bertz CT molecular complexity index is 725. The summed E-state index contributed by atoms with van der Waals surface area (Å²) in [4.78, 5) is 24.9. The molecule has 1 unspecified atom stereocenters. The molecule has 3 N–H and O–H groups in total. The maximum atomic E-state index is 12.7. The Hall–Kier alpha value is -2.70. The van der Waals surface area contributed by atoms with E-state index in [1.54, 1.807) is 32.9 Å². The van der Waals surface area contributed by atoms with Crippen molar-refractivity contribution in [2.24, 2.45) is 5.92 Å². The summed E-state index contributed by atoms with van der Waals surface area (Å²) in [5.41, 5.74) is 1.49. The fourth-order valence-corrected chi connectivity index (χ4v) is 2.78. The smallest absolute Gasteiger partial charge is 0.338 e. The molecular formula is C19H26N2O5. The Morgan fingerprint density at radius 3 is 2.54 bits per heavy atom. The number of aromatic hydroxyl groups is 1. The molecule has 0 bridgehead atoms. The van der Waals surface area contributed by atoms with Crippen molar-refractivity contribution in [1.29, 1.82) is 0 Å². The second kappa shape index (κ2) is 8.12. The minimum Gasteiger partial charge on any atom is -0.504 e. The number of phenols is 1. The number of urea groups is 1. The van der Waals surface area contributed by atoms with Crippen LogP contribution in [0.3, 0.4) is 0 Å². The highest BCUT2D eigenvalue weighted by Crippen LogP contribution is 2.35. The number of amides is 2. The number of rotatable bonds is 6. The lowest BCUT2D eigenvalue weighted by molar-refractivity contribution is -0.143. The Kier molecular flexibility index (Phi) is 6.13. The maximum absolute atomic E-state index is 12.7. The van der Waals surface area contributed by atoms with Crippen LogP contribution in [0.25, 0.3) is 0 Å². The van der Waals surface area contributed by atoms with Gasteiger partial charge in [-0.15, -0.1) is 0 Å². The molecule has 2 amide bonds. The van der Waals surface area contributed by atoms with Gasteiger partial charge in [-0.25, -0.2) is 9.59 Å². The first-order chi connectivity index (χ1) is 12.2. The molecular weight excluding hydrogens is 336 g/mol. The molecule has 1 atom stereocenters. The Labute approximate surface area is 153 Å². The number of ether oxygens (including phenoxy) is 2. The van der Waals surface area contributed by atoms with Crippen molar-refractivity contribution in [3.8, 4) is 11.5 Å². The van der Waals surface area contributed by atoms with Crippen molar-refractivity contribution in [2.75, 3.05) is 6.61 Å². The molecule has 0 radical (unpaired) electrons. The van der Waals surface area contributed by atoms with Crippen molar-refractivity contribution in [2.45, 2.75) is 46.8 Å². The van der Waals surface area contributed by atoms with Crippen LogP contribution in [0, 0.1) is 5.92 Å². The van der Waals surface area contributed by atoms with Crippen molar-refractivity contribution in [1.82, 2.24) is 10.6 Å². The molecule has 0 saturated carbocycles. The Balaban J connectivity index is 2.55. The molecule has 0 aliphatic carbocycles. The van der Waals surface area contributed by atoms with Crippen LogP contribution in [0.2, 0.25) is 0 Å². The van der Waals surface area contributed by atoms with Crippen LogP contribution < -0.4 is 15.4 Å².